The first-order valence-corrected chi connectivity index (χ1v) is 7.73. The van der Waals surface area contributed by atoms with Crippen LogP contribution in [-0.2, 0) is 14.3 Å². The summed E-state index contributed by atoms with van der Waals surface area (Å²) >= 11 is 0. The van der Waals surface area contributed by atoms with Crippen molar-refractivity contribution in [3.63, 3.8) is 0 Å². The molecule has 0 aromatic heterocycles. The number of ether oxygens (including phenoxy) is 2. The number of terminal acetylenes is 1. The molecule has 1 atom stereocenters. The van der Waals surface area contributed by atoms with Gasteiger partial charge in [0.2, 0.25) is 5.91 Å². The normalized spacial score (nSPS) is 23.4. The van der Waals surface area contributed by atoms with E-state index in [1.807, 2.05) is 4.90 Å². The Morgan fingerprint density at radius 2 is 2.05 bits per heavy atom. The van der Waals surface area contributed by atoms with E-state index in [1.165, 1.54) is 19.3 Å². The summed E-state index contributed by atoms with van der Waals surface area (Å²) in [7, 11) is 0. The molecule has 1 saturated heterocycles. The summed E-state index contributed by atoms with van der Waals surface area (Å²) in [5.74, 6) is 2.62. The Hall–Kier alpha value is -1.05. The first kappa shape index (κ1) is 15.3. The third kappa shape index (κ3) is 4.50. The summed E-state index contributed by atoms with van der Waals surface area (Å²) in [6.45, 7) is 1.85. The molecule has 0 bridgehead atoms. The monoisotopic (exact) mass is 279 g/mol. The number of amides is 1. The Bertz CT molecular complexity index is 338. The summed E-state index contributed by atoms with van der Waals surface area (Å²) in [5.41, 5.74) is 0. The molecule has 112 valence electrons. The van der Waals surface area contributed by atoms with Gasteiger partial charge >= 0.3 is 0 Å². The lowest BCUT2D eigenvalue weighted by molar-refractivity contribution is -0.139. The lowest BCUT2D eigenvalue weighted by Gasteiger charge is -2.33. The molecule has 0 radical (unpaired) electrons. The topological polar surface area (TPSA) is 38.8 Å². The van der Waals surface area contributed by atoms with Crippen LogP contribution in [0.15, 0.2) is 0 Å². The second-order valence-electron chi connectivity index (χ2n) is 5.67. The van der Waals surface area contributed by atoms with Crippen LogP contribution in [-0.4, -0.2) is 49.3 Å². The van der Waals surface area contributed by atoms with Gasteiger partial charge in [-0.25, -0.2) is 0 Å². The van der Waals surface area contributed by atoms with Gasteiger partial charge in [0.15, 0.2) is 0 Å². The lowest BCUT2D eigenvalue weighted by Crippen LogP contribution is -2.43. The van der Waals surface area contributed by atoms with Crippen molar-refractivity contribution < 1.29 is 14.3 Å². The molecule has 20 heavy (non-hydrogen) atoms. The zero-order valence-electron chi connectivity index (χ0n) is 12.2. The summed E-state index contributed by atoms with van der Waals surface area (Å²) in [6.07, 6.45) is 13.5. The van der Waals surface area contributed by atoms with E-state index in [1.54, 1.807) is 0 Å². The van der Waals surface area contributed by atoms with Crippen LogP contribution >= 0.6 is 0 Å². The third-order valence-electron chi connectivity index (χ3n) is 4.15. The van der Waals surface area contributed by atoms with E-state index in [9.17, 15) is 4.79 Å². The fraction of sp³-hybridized carbons (Fsp3) is 0.812. The maximum absolute atomic E-state index is 12.3. The van der Waals surface area contributed by atoms with E-state index in [-0.39, 0.29) is 18.6 Å². The molecule has 2 fully saturated rings. The van der Waals surface area contributed by atoms with Gasteiger partial charge in [0.1, 0.15) is 6.61 Å². The highest BCUT2D eigenvalue weighted by molar-refractivity contribution is 5.78. The van der Waals surface area contributed by atoms with Gasteiger partial charge in [-0.2, -0.15) is 0 Å². The smallest absolute Gasteiger partial charge is 0.249 e. The average Bonchev–Trinajstić information content (AvgIpc) is 2.99. The molecule has 1 saturated carbocycles. The minimum atomic E-state index is 0.0212. The predicted octanol–water partition coefficient (Wildman–Crippen LogP) is 1.98. The summed E-state index contributed by atoms with van der Waals surface area (Å²) in [4.78, 5) is 14.1. The van der Waals surface area contributed by atoms with Crippen molar-refractivity contribution in [3.05, 3.63) is 0 Å². The number of hydrogen-bond acceptors (Lipinski definition) is 3. The standard InChI is InChI=1S/C16H25NO3/c1-2-10-17(14-7-4-3-5-8-14)16(18)13-19-12-15-9-6-11-20-15/h1,14-15H,3-13H2/t15-/m0/s1. The Morgan fingerprint density at radius 1 is 1.25 bits per heavy atom. The van der Waals surface area contributed by atoms with E-state index in [4.69, 9.17) is 15.9 Å². The molecule has 1 aliphatic carbocycles. The van der Waals surface area contributed by atoms with Gasteiger partial charge in [-0.3, -0.25) is 4.79 Å². The number of rotatable bonds is 6. The van der Waals surface area contributed by atoms with Crippen molar-refractivity contribution in [1.82, 2.24) is 4.90 Å². The molecule has 2 aliphatic rings. The van der Waals surface area contributed by atoms with E-state index in [2.05, 4.69) is 5.92 Å². The molecule has 4 heteroatoms. The van der Waals surface area contributed by atoms with Crippen LogP contribution in [0.25, 0.3) is 0 Å². The van der Waals surface area contributed by atoms with Gasteiger partial charge in [0, 0.05) is 12.6 Å². The second-order valence-corrected chi connectivity index (χ2v) is 5.67. The van der Waals surface area contributed by atoms with E-state index >= 15 is 0 Å². The zero-order valence-corrected chi connectivity index (χ0v) is 12.2. The van der Waals surface area contributed by atoms with Gasteiger partial charge < -0.3 is 14.4 Å². The number of carbonyl (C=O) groups excluding carboxylic acids is 1. The summed E-state index contributed by atoms with van der Waals surface area (Å²) in [6, 6.07) is 0.304. The first-order chi connectivity index (χ1) is 9.81. The van der Waals surface area contributed by atoms with E-state index < -0.39 is 0 Å². The Labute approximate surface area is 121 Å². The maximum Gasteiger partial charge on any atom is 0.249 e. The molecule has 1 amide bonds. The van der Waals surface area contributed by atoms with Gasteiger partial charge in [-0.15, -0.1) is 6.42 Å². The highest BCUT2D eigenvalue weighted by Crippen LogP contribution is 2.22. The van der Waals surface area contributed by atoms with Gasteiger partial charge in [-0.05, 0) is 25.7 Å². The molecule has 0 aromatic carbocycles. The van der Waals surface area contributed by atoms with Crippen LogP contribution in [0.1, 0.15) is 44.9 Å². The summed E-state index contributed by atoms with van der Waals surface area (Å²) in [5, 5.41) is 0. The predicted molar refractivity (Wildman–Crippen MR) is 77.2 cm³/mol. The molecule has 1 heterocycles. The highest BCUT2D eigenvalue weighted by atomic mass is 16.5. The molecule has 0 unspecified atom stereocenters. The van der Waals surface area contributed by atoms with Crippen molar-refractivity contribution in [3.8, 4) is 12.3 Å². The third-order valence-corrected chi connectivity index (χ3v) is 4.15. The molecule has 4 nitrogen and oxygen atoms in total. The Balaban J connectivity index is 1.75. The quantitative estimate of drug-likeness (QED) is 0.698. The molecular formula is C16H25NO3. The van der Waals surface area contributed by atoms with E-state index in [0.717, 1.165) is 32.3 Å². The zero-order chi connectivity index (χ0) is 14.2. The van der Waals surface area contributed by atoms with Crippen LogP contribution in [0.5, 0.6) is 0 Å². The van der Waals surface area contributed by atoms with Crippen LogP contribution in [0.4, 0.5) is 0 Å². The van der Waals surface area contributed by atoms with Crippen molar-refractivity contribution in [2.45, 2.75) is 57.1 Å². The fourth-order valence-electron chi connectivity index (χ4n) is 3.05. The van der Waals surface area contributed by atoms with Crippen molar-refractivity contribution in [2.24, 2.45) is 0 Å². The highest BCUT2D eigenvalue weighted by Gasteiger charge is 2.25. The van der Waals surface area contributed by atoms with Gasteiger partial charge in [0.05, 0.1) is 19.3 Å². The van der Waals surface area contributed by atoms with E-state index in [0.29, 0.717) is 19.2 Å². The van der Waals surface area contributed by atoms with Crippen molar-refractivity contribution in [2.75, 3.05) is 26.4 Å². The Morgan fingerprint density at radius 3 is 2.70 bits per heavy atom. The molecule has 0 spiro atoms. The molecular weight excluding hydrogens is 254 g/mol. The molecule has 1 aliphatic heterocycles. The SMILES string of the molecule is C#CCN(C(=O)COC[C@@H]1CCCO1)C1CCCCC1. The molecule has 0 N–H and O–H groups in total. The van der Waals surface area contributed by atoms with Crippen LogP contribution in [0, 0.1) is 12.3 Å². The van der Waals surface area contributed by atoms with Crippen molar-refractivity contribution >= 4 is 5.91 Å². The second kappa shape index (κ2) is 8.28. The van der Waals surface area contributed by atoms with Gasteiger partial charge in [-0.1, -0.05) is 25.2 Å². The Kier molecular flexibility index (Phi) is 6.35. The van der Waals surface area contributed by atoms with Crippen LogP contribution in [0.3, 0.4) is 0 Å². The maximum atomic E-state index is 12.3. The lowest BCUT2D eigenvalue weighted by atomic mass is 9.94. The summed E-state index contributed by atoms with van der Waals surface area (Å²) < 4.78 is 11.0. The molecule has 2 rings (SSSR count). The largest absolute Gasteiger partial charge is 0.376 e. The average molecular weight is 279 g/mol. The molecule has 0 aromatic rings. The van der Waals surface area contributed by atoms with Gasteiger partial charge in [0.25, 0.3) is 0 Å². The van der Waals surface area contributed by atoms with Crippen molar-refractivity contribution in [1.29, 1.82) is 0 Å². The minimum Gasteiger partial charge on any atom is -0.376 e. The minimum absolute atomic E-state index is 0.0212. The number of hydrogen-bond donors (Lipinski definition) is 0. The fourth-order valence-corrected chi connectivity index (χ4v) is 3.05. The number of carbonyl (C=O) groups is 1. The first-order valence-electron chi connectivity index (χ1n) is 7.73. The number of nitrogens with zero attached hydrogens (tertiary/aromatic N) is 1. The van der Waals surface area contributed by atoms with Crippen LogP contribution in [0.2, 0.25) is 0 Å². The van der Waals surface area contributed by atoms with Crippen LogP contribution < -0.4 is 0 Å².